The molecule has 3 aromatic rings. The third-order valence-corrected chi connectivity index (χ3v) is 4.10. The van der Waals surface area contributed by atoms with Crippen molar-refractivity contribution in [1.29, 1.82) is 0 Å². The molecule has 0 saturated carbocycles. The summed E-state index contributed by atoms with van der Waals surface area (Å²) in [4.78, 5) is 24.4. The molecule has 2 aromatic heterocycles. The molecule has 29 heavy (non-hydrogen) atoms. The summed E-state index contributed by atoms with van der Waals surface area (Å²) in [5.41, 5.74) is -0.460. The van der Waals surface area contributed by atoms with Gasteiger partial charge in [-0.15, -0.1) is 0 Å². The molecular formula is C19H19F3N6O. The molecule has 0 saturated heterocycles. The molecule has 0 aliphatic rings. The zero-order valence-corrected chi connectivity index (χ0v) is 15.6. The predicted molar refractivity (Wildman–Crippen MR) is 101 cm³/mol. The largest absolute Gasteiger partial charge is 0.416 e. The number of imidazole rings is 1. The Balaban J connectivity index is 1.47. The lowest BCUT2D eigenvalue weighted by atomic mass is 10.1. The van der Waals surface area contributed by atoms with Gasteiger partial charge in [0.15, 0.2) is 0 Å². The lowest BCUT2D eigenvalue weighted by molar-refractivity contribution is -0.137. The van der Waals surface area contributed by atoms with E-state index >= 15 is 0 Å². The molecule has 7 nitrogen and oxygen atoms in total. The zero-order valence-electron chi connectivity index (χ0n) is 15.6. The second-order valence-electron chi connectivity index (χ2n) is 6.26. The summed E-state index contributed by atoms with van der Waals surface area (Å²) < 4.78 is 40.0. The van der Waals surface area contributed by atoms with Crippen LogP contribution in [0.15, 0.2) is 49.1 Å². The molecule has 0 bridgehead atoms. The minimum Gasteiger partial charge on any atom is -0.368 e. The average Bonchev–Trinajstić information content (AvgIpc) is 3.11. The predicted octanol–water partition coefficient (Wildman–Crippen LogP) is 2.76. The number of benzene rings is 1. The molecule has 1 aromatic carbocycles. The van der Waals surface area contributed by atoms with Crippen molar-refractivity contribution in [2.75, 3.05) is 18.4 Å². The van der Waals surface area contributed by atoms with Gasteiger partial charge in [-0.3, -0.25) is 9.36 Å². The fourth-order valence-electron chi connectivity index (χ4n) is 2.69. The van der Waals surface area contributed by atoms with E-state index in [1.54, 1.807) is 18.5 Å². The minimum absolute atomic E-state index is 0.124. The van der Waals surface area contributed by atoms with Crippen molar-refractivity contribution < 1.29 is 18.0 Å². The smallest absolute Gasteiger partial charge is 0.368 e. The topological polar surface area (TPSA) is 84.7 Å². The van der Waals surface area contributed by atoms with Gasteiger partial charge in [0, 0.05) is 31.5 Å². The number of rotatable bonds is 7. The van der Waals surface area contributed by atoms with E-state index in [1.165, 1.54) is 18.5 Å². The second-order valence-corrected chi connectivity index (χ2v) is 6.26. The number of hydrogen-bond donors (Lipinski definition) is 2. The number of aromatic nitrogens is 4. The third-order valence-electron chi connectivity index (χ3n) is 4.10. The highest BCUT2D eigenvalue weighted by Crippen LogP contribution is 2.29. The number of aryl methyl sites for hydroxylation is 1. The first-order chi connectivity index (χ1) is 13.8. The molecule has 10 heteroatoms. The Hall–Kier alpha value is -3.43. The van der Waals surface area contributed by atoms with Crippen LogP contribution in [-0.4, -0.2) is 38.5 Å². The fraction of sp³-hybridized carbons (Fsp3) is 0.263. The summed E-state index contributed by atoms with van der Waals surface area (Å²) in [5.74, 6) is 1.67. The lowest BCUT2D eigenvalue weighted by Crippen LogP contribution is -2.30. The minimum atomic E-state index is -4.43. The van der Waals surface area contributed by atoms with E-state index in [2.05, 4.69) is 25.6 Å². The molecule has 1 amide bonds. The molecule has 2 heterocycles. The number of nitrogens with one attached hydrogen (secondary N) is 2. The van der Waals surface area contributed by atoms with Crippen molar-refractivity contribution in [3.05, 3.63) is 66.0 Å². The molecule has 0 aliphatic heterocycles. The fourth-order valence-corrected chi connectivity index (χ4v) is 2.69. The second kappa shape index (κ2) is 8.72. The maximum absolute atomic E-state index is 12.7. The molecule has 0 fully saturated rings. The molecule has 0 spiro atoms. The summed E-state index contributed by atoms with van der Waals surface area (Å²) in [7, 11) is 0. The number of anilines is 1. The van der Waals surface area contributed by atoms with Crippen LogP contribution in [0.4, 0.5) is 19.0 Å². The van der Waals surface area contributed by atoms with E-state index in [1.807, 2.05) is 11.5 Å². The van der Waals surface area contributed by atoms with Crippen LogP contribution in [0.5, 0.6) is 0 Å². The summed E-state index contributed by atoms with van der Waals surface area (Å²) in [6, 6.07) is 6.50. The van der Waals surface area contributed by atoms with E-state index < -0.39 is 11.7 Å². The molecule has 2 N–H and O–H groups in total. The van der Waals surface area contributed by atoms with Gasteiger partial charge in [-0.25, -0.2) is 15.0 Å². The summed E-state index contributed by atoms with van der Waals surface area (Å²) in [6.45, 7) is 2.55. The lowest BCUT2D eigenvalue weighted by Gasteiger charge is -2.10. The van der Waals surface area contributed by atoms with Crippen LogP contribution >= 0.6 is 0 Å². The summed E-state index contributed by atoms with van der Waals surface area (Å²) >= 11 is 0. The van der Waals surface area contributed by atoms with Gasteiger partial charge in [0.2, 0.25) is 5.91 Å². The Morgan fingerprint density at radius 2 is 1.97 bits per heavy atom. The van der Waals surface area contributed by atoms with Crippen molar-refractivity contribution in [3.63, 3.8) is 0 Å². The van der Waals surface area contributed by atoms with Crippen LogP contribution < -0.4 is 10.6 Å². The number of nitrogens with zero attached hydrogens (tertiary/aromatic N) is 4. The number of alkyl halides is 3. The SMILES string of the molecule is Cc1nccn1-c1cc(NCCNC(=O)Cc2cccc(C(F)(F)F)c2)ncn1. The van der Waals surface area contributed by atoms with Crippen molar-refractivity contribution in [3.8, 4) is 5.82 Å². The van der Waals surface area contributed by atoms with Crippen LogP contribution in [0, 0.1) is 6.92 Å². The van der Waals surface area contributed by atoms with Gasteiger partial charge in [0.1, 0.15) is 23.8 Å². The van der Waals surface area contributed by atoms with Gasteiger partial charge in [-0.1, -0.05) is 18.2 Å². The monoisotopic (exact) mass is 404 g/mol. The average molecular weight is 404 g/mol. The van der Waals surface area contributed by atoms with Gasteiger partial charge in [-0.2, -0.15) is 13.2 Å². The zero-order chi connectivity index (χ0) is 20.9. The molecule has 0 aliphatic carbocycles. The van der Waals surface area contributed by atoms with E-state index in [0.29, 0.717) is 30.3 Å². The van der Waals surface area contributed by atoms with Crippen molar-refractivity contribution in [2.24, 2.45) is 0 Å². The maximum atomic E-state index is 12.7. The number of halogens is 3. The van der Waals surface area contributed by atoms with Crippen LogP contribution in [0.25, 0.3) is 5.82 Å². The molecule has 3 rings (SSSR count). The first-order valence-corrected chi connectivity index (χ1v) is 8.82. The Bertz CT molecular complexity index is 986. The standard InChI is InChI=1S/C19H19F3N6O/c1-13-23-7-8-28(13)17-11-16(26-12-27-17)24-5-6-25-18(29)10-14-3-2-4-15(9-14)19(20,21)22/h2-4,7-9,11-12H,5-6,10H2,1H3,(H,25,29)(H,24,26,27). The Kier molecular flexibility index (Phi) is 6.10. The number of carbonyl (C=O) groups excluding carboxylic acids is 1. The van der Waals surface area contributed by atoms with Crippen molar-refractivity contribution >= 4 is 11.7 Å². The molecule has 0 radical (unpaired) electrons. The van der Waals surface area contributed by atoms with E-state index in [-0.39, 0.29) is 12.3 Å². The van der Waals surface area contributed by atoms with Gasteiger partial charge in [0.25, 0.3) is 0 Å². The first-order valence-electron chi connectivity index (χ1n) is 8.82. The highest BCUT2D eigenvalue weighted by molar-refractivity contribution is 5.78. The Labute approximate surface area is 165 Å². The van der Waals surface area contributed by atoms with Crippen LogP contribution in [-0.2, 0) is 17.4 Å². The van der Waals surface area contributed by atoms with Gasteiger partial charge in [0.05, 0.1) is 12.0 Å². The highest BCUT2D eigenvalue weighted by atomic mass is 19.4. The molecular weight excluding hydrogens is 385 g/mol. The molecule has 152 valence electrons. The van der Waals surface area contributed by atoms with Gasteiger partial charge >= 0.3 is 6.18 Å². The molecule has 0 atom stereocenters. The van der Waals surface area contributed by atoms with E-state index in [4.69, 9.17) is 0 Å². The first kappa shape index (κ1) is 20.3. The normalized spacial score (nSPS) is 11.3. The summed E-state index contributed by atoms with van der Waals surface area (Å²) in [5, 5.41) is 5.74. The quantitative estimate of drug-likeness (QED) is 0.592. The van der Waals surface area contributed by atoms with Crippen LogP contribution in [0.1, 0.15) is 17.0 Å². The van der Waals surface area contributed by atoms with Crippen LogP contribution in [0.2, 0.25) is 0 Å². The molecule has 0 unspecified atom stereocenters. The van der Waals surface area contributed by atoms with Crippen molar-refractivity contribution in [1.82, 2.24) is 24.8 Å². The van der Waals surface area contributed by atoms with Gasteiger partial charge in [-0.05, 0) is 18.6 Å². The van der Waals surface area contributed by atoms with Crippen molar-refractivity contribution in [2.45, 2.75) is 19.5 Å². The third kappa shape index (κ3) is 5.53. The number of carbonyl (C=O) groups is 1. The highest BCUT2D eigenvalue weighted by Gasteiger charge is 2.30. The van der Waals surface area contributed by atoms with Gasteiger partial charge < -0.3 is 10.6 Å². The Morgan fingerprint density at radius 1 is 1.14 bits per heavy atom. The maximum Gasteiger partial charge on any atom is 0.416 e. The number of hydrogen-bond acceptors (Lipinski definition) is 5. The van der Waals surface area contributed by atoms with Crippen LogP contribution in [0.3, 0.4) is 0 Å². The summed E-state index contributed by atoms with van der Waals surface area (Å²) in [6.07, 6.45) is 0.326. The van der Waals surface area contributed by atoms with E-state index in [0.717, 1.165) is 18.0 Å². The van der Waals surface area contributed by atoms with E-state index in [9.17, 15) is 18.0 Å². The number of amides is 1. The Morgan fingerprint density at radius 3 is 2.69 bits per heavy atom.